The zero-order chi connectivity index (χ0) is 28.3. The zero-order valence-electron chi connectivity index (χ0n) is 23.8. The number of carbonyl (C=O) groups excluding carboxylic acids is 2. The Bertz CT molecular complexity index is 1260. The maximum Gasteiger partial charge on any atom is 0.365 e. The number of aliphatic hydroxyl groups excluding tert-OH is 1. The predicted octanol–water partition coefficient (Wildman–Crippen LogP) is 3.34. The summed E-state index contributed by atoms with van der Waals surface area (Å²) in [6, 6.07) is 8.38. The van der Waals surface area contributed by atoms with Crippen LogP contribution in [0.4, 0.5) is 4.39 Å². The molecule has 0 radical (unpaired) electrons. The molecule has 1 aliphatic heterocycles. The third-order valence-corrected chi connectivity index (χ3v) is 7.54. The van der Waals surface area contributed by atoms with Crippen LogP contribution in [0.5, 0.6) is 0 Å². The van der Waals surface area contributed by atoms with Crippen LogP contribution in [-0.2, 0) is 0 Å². The molecule has 1 unspecified atom stereocenters. The van der Waals surface area contributed by atoms with Crippen molar-refractivity contribution in [2.24, 2.45) is 5.41 Å². The Morgan fingerprint density at radius 3 is 2.49 bits per heavy atom. The average Bonchev–Trinajstić information content (AvgIpc) is 3.59. The second kappa shape index (κ2) is 11.9. The molecule has 1 saturated carbocycles. The van der Waals surface area contributed by atoms with Crippen LogP contribution in [-0.4, -0.2) is 66.0 Å². The van der Waals surface area contributed by atoms with Crippen LogP contribution in [0.25, 0.3) is 11.1 Å². The largest absolute Gasteiger partial charge is 0.460 e. The van der Waals surface area contributed by atoms with Gasteiger partial charge in [0.2, 0.25) is 0 Å². The summed E-state index contributed by atoms with van der Waals surface area (Å²) in [5.74, 6) is -1.15. The number of nitrogens with zero attached hydrogens (tertiary/aromatic N) is 1. The number of carbonyl (C=O) groups is 2. The highest BCUT2D eigenvalue weighted by Gasteiger charge is 2.27. The van der Waals surface area contributed by atoms with E-state index in [-0.39, 0.29) is 40.8 Å². The summed E-state index contributed by atoms with van der Waals surface area (Å²) in [5.41, 5.74) is 2.29. The van der Waals surface area contributed by atoms with Crippen molar-refractivity contribution in [2.45, 2.75) is 72.4 Å². The van der Waals surface area contributed by atoms with Crippen molar-refractivity contribution in [2.75, 3.05) is 26.2 Å². The lowest BCUT2D eigenvalue weighted by Crippen LogP contribution is -2.76. The van der Waals surface area contributed by atoms with Crippen molar-refractivity contribution in [1.29, 1.82) is 0 Å². The summed E-state index contributed by atoms with van der Waals surface area (Å²) in [5, 5.41) is 16.8. The van der Waals surface area contributed by atoms with Gasteiger partial charge >= 0.3 is 5.90 Å². The number of benzene rings is 2. The number of likely N-dealkylation sites (tertiary alicyclic amines) is 1. The topological polar surface area (TPSA) is 95.6 Å². The number of rotatable bonds is 9. The first-order valence-electron chi connectivity index (χ1n) is 14.0. The number of hydrogen-bond acceptors (Lipinski definition) is 3. The van der Waals surface area contributed by atoms with Crippen molar-refractivity contribution in [3.05, 3.63) is 58.4 Å². The van der Waals surface area contributed by atoms with Gasteiger partial charge in [0, 0.05) is 35.2 Å². The number of likely N-dealkylation sites (N-methyl/N-ethyl adjacent to an activating group) is 1. The Morgan fingerprint density at radius 1 is 1.08 bits per heavy atom. The van der Waals surface area contributed by atoms with Gasteiger partial charge in [-0.2, -0.15) is 0 Å². The minimum atomic E-state index is -0.505. The van der Waals surface area contributed by atoms with Gasteiger partial charge in [-0.25, -0.2) is 9.38 Å². The highest BCUT2D eigenvalue weighted by molar-refractivity contribution is 6.04. The molecule has 210 valence electrons. The van der Waals surface area contributed by atoms with Gasteiger partial charge in [0.05, 0.1) is 5.56 Å². The predicted molar refractivity (Wildman–Crippen MR) is 152 cm³/mol. The zero-order valence-corrected chi connectivity index (χ0v) is 23.8. The van der Waals surface area contributed by atoms with Gasteiger partial charge in [0.25, 0.3) is 11.8 Å². The first-order valence-corrected chi connectivity index (χ1v) is 14.0. The second-order valence-electron chi connectivity index (χ2n) is 12.0. The van der Waals surface area contributed by atoms with E-state index in [1.807, 2.05) is 0 Å². The van der Waals surface area contributed by atoms with Crippen LogP contribution in [0.15, 0.2) is 30.3 Å². The molecule has 1 saturated heterocycles. The average molecular weight is 538 g/mol. The van der Waals surface area contributed by atoms with Crippen LogP contribution >= 0.6 is 0 Å². The smallest absolute Gasteiger partial charge is 0.365 e. The van der Waals surface area contributed by atoms with E-state index in [0.717, 1.165) is 38.8 Å². The molecule has 1 heterocycles. The fraction of sp³-hybridized carbons (Fsp3) is 0.516. The van der Waals surface area contributed by atoms with E-state index in [0.29, 0.717) is 40.9 Å². The third-order valence-electron chi connectivity index (χ3n) is 7.54. The molecule has 2 aliphatic rings. The van der Waals surface area contributed by atoms with E-state index in [4.69, 9.17) is 0 Å². The quantitative estimate of drug-likeness (QED) is 0.292. The van der Waals surface area contributed by atoms with E-state index in [9.17, 15) is 14.7 Å². The van der Waals surface area contributed by atoms with Gasteiger partial charge in [0.15, 0.2) is 0 Å². The summed E-state index contributed by atoms with van der Waals surface area (Å²) < 4.78 is 15.1. The number of aliphatic hydroxyl groups is 1. The van der Waals surface area contributed by atoms with Crippen LogP contribution in [0.1, 0.15) is 85.2 Å². The number of halogens is 1. The van der Waals surface area contributed by atoms with Gasteiger partial charge in [-0.3, -0.25) is 14.5 Å². The molecule has 2 fully saturated rings. The van der Waals surface area contributed by atoms with E-state index in [2.05, 4.69) is 48.2 Å². The van der Waals surface area contributed by atoms with Crippen molar-refractivity contribution >= 4 is 17.7 Å². The molecule has 1 atom stereocenters. The fourth-order valence-corrected chi connectivity index (χ4v) is 5.00. The van der Waals surface area contributed by atoms with Crippen LogP contribution < -0.4 is 15.6 Å². The van der Waals surface area contributed by atoms with E-state index in [1.165, 1.54) is 6.07 Å². The minimum Gasteiger partial charge on any atom is -0.460 e. The lowest BCUT2D eigenvalue weighted by Gasteiger charge is -2.23. The van der Waals surface area contributed by atoms with Gasteiger partial charge in [0.1, 0.15) is 12.4 Å². The van der Waals surface area contributed by atoms with Crippen molar-refractivity contribution < 1.29 is 24.1 Å². The fourth-order valence-electron chi connectivity index (χ4n) is 5.00. The van der Waals surface area contributed by atoms with E-state index in [1.54, 1.807) is 31.2 Å². The SMILES string of the molecule is CCN1CCCC1CNC(=O)c1cc(C(O)=[NH+]CC(C)(C)C)ccc1-c1cc(C(=O)NC2CC2)cc(F)c1C. The highest BCUT2D eigenvalue weighted by Crippen LogP contribution is 2.31. The Hall–Kier alpha value is -3.26. The van der Waals surface area contributed by atoms with E-state index >= 15 is 4.39 Å². The van der Waals surface area contributed by atoms with Crippen molar-refractivity contribution in [3.63, 3.8) is 0 Å². The first-order chi connectivity index (χ1) is 18.5. The molecule has 0 aromatic heterocycles. The highest BCUT2D eigenvalue weighted by atomic mass is 19.1. The minimum absolute atomic E-state index is 0.0288. The molecule has 1 aliphatic carbocycles. The van der Waals surface area contributed by atoms with Gasteiger partial charge in [-0.05, 0) is 86.7 Å². The molecule has 8 heteroatoms. The number of amides is 2. The summed E-state index contributed by atoms with van der Waals surface area (Å²) in [7, 11) is 0. The van der Waals surface area contributed by atoms with Gasteiger partial charge < -0.3 is 15.7 Å². The molecule has 4 N–H and O–H groups in total. The lowest BCUT2D eigenvalue weighted by molar-refractivity contribution is -0.481. The summed E-state index contributed by atoms with van der Waals surface area (Å²) in [6.45, 7) is 12.9. The molecule has 2 aromatic carbocycles. The maximum atomic E-state index is 15.1. The monoisotopic (exact) mass is 537 g/mol. The molecule has 7 nitrogen and oxygen atoms in total. The molecule has 4 rings (SSSR count). The van der Waals surface area contributed by atoms with Gasteiger partial charge in [-0.1, -0.05) is 33.8 Å². The molecule has 0 bridgehead atoms. The Balaban J connectivity index is 1.72. The second-order valence-corrected chi connectivity index (χ2v) is 12.0. The van der Waals surface area contributed by atoms with Crippen LogP contribution in [0, 0.1) is 18.2 Å². The Morgan fingerprint density at radius 2 is 1.82 bits per heavy atom. The molecule has 0 spiro atoms. The number of nitrogens with one attached hydrogen (secondary N) is 3. The maximum absolute atomic E-state index is 15.1. The van der Waals surface area contributed by atoms with Crippen molar-refractivity contribution in [1.82, 2.24) is 15.5 Å². The molecular formula is C31H42FN4O3+. The lowest BCUT2D eigenvalue weighted by atomic mass is 9.91. The standard InChI is InChI=1S/C31H41FN4O3/c1-6-36-13-7-8-23(36)17-33-30(39)26-14-20(28(37)34-18-31(3,4)5)9-12-24(26)25-15-21(16-27(32)19(25)2)29(38)35-22-10-11-22/h9,12,14-16,22-23H,6-8,10-11,13,17-18H2,1-5H3,(H,33,39)(H,34,37)(H,35,38)/p+1. The summed E-state index contributed by atoms with van der Waals surface area (Å²) >= 11 is 0. The summed E-state index contributed by atoms with van der Waals surface area (Å²) in [6.07, 6.45) is 3.98. The molecule has 2 aromatic rings. The van der Waals surface area contributed by atoms with E-state index < -0.39 is 5.82 Å². The van der Waals surface area contributed by atoms with Crippen molar-refractivity contribution in [3.8, 4) is 11.1 Å². The summed E-state index contributed by atoms with van der Waals surface area (Å²) in [4.78, 5) is 31.8. The third kappa shape index (κ3) is 7.24. The Labute approximate surface area is 230 Å². The van der Waals surface area contributed by atoms with Crippen LogP contribution in [0.2, 0.25) is 0 Å². The molecule has 2 amide bonds. The number of hydrogen-bond donors (Lipinski definition) is 4. The molecule has 39 heavy (non-hydrogen) atoms. The van der Waals surface area contributed by atoms with Crippen LogP contribution in [0.3, 0.4) is 0 Å². The van der Waals surface area contributed by atoms with Gasteiger partial charge in [-0.15, -0.1) is 0 Å². The molecular weight excluding hydrogens is 495 g/mol. The first kappa shape index (κ1) is 28.7. The Kier molecular flexibility index (Phi) is 8.74. The normalized spacial score (nSPS) is 18.3.